The highest BCUT2D eigenvalue weighted by molar-refractivity contribution is 5.83. The van der Waals surface area contributed by atoms with Crippen molar-refractivity contribution in [1.29, 1.82) is 0 Å². The molecule has 2 heteroatoms. The van der Waals surface area contributed by atoms with E-state index in [9.17, 15) is 9.90 Å². The van der Waals surface area contributed by atoms with Crippen LogP contribution in [0.5, 0.6) is 0 Å². The van der Waals surface area contributed by atoms with Gasteiger partial charge >= 0.3 is 0 Å². The first-order valence-corrected chi connectivity index (χ1v) is 9.07. The molecule has 0 spiro atoms. The van der Waals surface area contributed by atoms with Crippen molar-refractivity contribution in [3.8, 4) is 0 Å². The van der Waals surface area contributed by atoms with E-state index in [1.165, 1.54) is 77.0 Å². The summed E-state index contributed by atoms with van der Waals surface area (Å²) in [7, 11) is 0. The number of rotatable bonds is 16. The molecule has 0 aliphatic rings. The first-order valence-electron chi connectivity index (χ1n) is 9.07. The van der Waals surface area contributed by atoms with E-state index in [0.29, 0.717) is 6.42 Å². The van der Waals surface area contributed by atoms with Crippen molar-refractivity contribution in [2.45, 2.75) is 103 Å². The summed E-state index contributed by atoms with van der Waals surface area (Å²) in [5.74, 6) is -1.09. The number of carbonyl (C=O) groups excluding carboxylic acids is 1. The standard InChI is InChI=1S/C19H36O2/c1-3-4-5-6-7-8-9-10-11-12-13-14-15-16-17-18(2)19(20)21/h2-17H2,1H3,(H,20,21)/p-1. The molecule has 0 bridgehead atoms. The lowest BCUT2D eigenvalue weighted by atomic mass is 10.0. The number of carboxylic acid groups (broad SMARTS) is 1. The van der Waals surface area contributed by atoms with E-state index in [0.717, 1.165) is 12.8 Å². The van der Waals surface area contributed by atoms with Crippen LogP contribution in [0.3, 0.4) is 0 Å². The van der Waals surface area contributed by atoms with E-state index >= 15 is 0 Å². The predicted octanol–water partition coefficient (Wildman–Crippen LogP) is 5.16. The van der Waals surface area contributed by atoms with Gasteiger partial charge in [0.2, 0.25) is 0 Å². The number of hydrogen-bond acceptors (Lipinski definition) is 2. The lowest BCUT2D eigenvalue weighted by molar-refractivity contribution is -0.299. The predicted molar refractivity (Wildman–Crippen MR) is 89.1 cm³/mol. The molecule has 21 heavy (non-hydrogen) atoms. The molecule has 0 saturated carbocycles. The van der Waals surface area contributed by atoms with E-state index in [1.54, 1.807) is 0 Å². The number of carbonyl (C=O) groups is 1. The summed E-state index contributed by atoms with van der Waals surface area (Å²) in [6.45, 7) is 5.75. The lowest BCUT2D eigenvalue weighted by Gasteiger charge is -2.06. The minimum Gasteiger partial charge on any atom is -0.545 e. The van der Waals surface area contributed by atoms with Crippen LogP contribution in [0.25, 0.3) is 0 Å². The topological polar surface area (TPSA) is 40.1 Å². The van der Waals surface area contributed by atoms with E-state index in [1.807, 2.05) is 0 Å². The minimum absolute atomic E-state index is 0.244. The molecule has 0 aliphatic heterocycles. The quantitative estimate of drug-likeness (QED) is 0.291. The molecule has 0 rings (SSSR count). The molecule has 0 radical (unpaired) electrons. The van der Waals surface area contributed by atoms with Crippen molar-refractivity contribution in [2.24, 2.45) is 0 Å². The molecular weight excluding hydrogens is 260 g/mol. The van der Waals surface area contributed by atoms with Gasteiger partial charge in [-0.05, 0) is 18.4 Å². The number of unbranched alkanes of at least 4 members (excludes halogenated alkanes) is 13. The van der Waals surface area contributed by atoms with Gasteiger partial charge in [0, 0.05) is 0 Å². The fourth-order valence-electron chi connectivity index (χ4n) is 2.63. The molecule has 0 aromatic rings. The zero-order chi connectivity index (χ0) is 15.8. The molecule has 0 aliphatic carbocycles. The number of hydrogen-bond donors (Lipinski definition) is 0. The van der Waals surface area contributed by atoms with E-state index in [2.05, 4.69) is 13.5 Å². The normalized spacial score (nSPS) is 10.7. The maximum Gasteiger partial charge on any atom is 0.0668 e. The average Bonchev–Trinajstić information content (AvgIpc) is 2.47. The van der Waals surface area contributed by atoms with Crippen molar-refractivity contribution in [2.75, 3.05) is 0 Å². The van der Waals surface area contributed by atoms with E-state index in [-0.39, 0.29) is 5.57 Å². The SMILES string of the molecule is C=C(CCCCCCCCCCCCCCCC)C(=O)[O-]. The second-order valence-electron chi connectivity index (χ2n) is 6.24. The Hall–Kier alpha value is -0.790. The molecule has 0 unspecified atom stereocenters. The summed E-state index contributed by atoms with van der Waals surface area (Å²) >= 11 is 0. The zero-order valence-corrected chi connectivity index (χ0v) is 14.1. The van der Waals surface area contributed by atoms with Gasteiger partial charge in [-0.25, -0.2) is 0 Å². The van der Waals surface area contributed by atoms with Gasteiger partial charge < -0.3 is 9.90 Å². The summed E-state index contributed by atoms with van der Waals surface area (Å²) in [5, 5.41) is 10.5. The highest BCUT2D eigenvalue weighted by Crippen LogP contribution is 2.14. The average molecular weight is 295 g/mol. The Morgan fingerprint density at radius 3 is 1.38 bits per heavy atom. The third-order valence-corrected chi connectivity index (χ3v) is 4.12. The second-order valence-corrected chi connectivity index (χ2v) is 6.24. The molecular formula is C19H35O2-. The molecule has 0 heterocycles. The Labute approximate surface area is 132 Å². The lowest BCUT2D eigenvalue weighted by Crippen LogP contribution is -2.23. The fraction of sp³-hybridized carbons (Fsp3) is 0.842. The Morgan fingerprint density at radius 2 is 1.05 bits per heavy atom. The van der Waals surface area contributed by atoms with Gasteiger partial charge in [0.15, 0.2) is 0 Å². The fourth-order valence-corrected chi connectivity index (χ4v) is 2.63. The van der Waals surface area contributed by atoms with Crippen LogP contribution in [0.15, 0.2) is 12.2 Å². The molecule has 0 amide bonds. The van der Waals surface area contributed by atoms with Crippen molar-refractivity contribution in [3.63, 3.8) is 0 Å². The van der Waals surface area contributed by atoms with E-state index < -0.39 is 5.97 Å². The molecule has 2 nitrogen and oxygen atoms in total. The molecule has 0 aromatic heterocycles. The van der Waals surface area contributed by atoms with Gasteiger partial charge in [-0.2, -0.15) is 0 Å². The Bertz CT molecular complexity index is 258. The Kier molecular flexibility index (Phi) is 15.0. The molecule has 124 valence electrons. The van der Waals surface area contributed by atoms with Crippen LogP contribution in [0, 0.1) is 0 Å². The summed E-state index contributed by atoms with van der Waals surface area (Å²) in [4.78, 5) is 10.5. The van der Waals surface area contributed by atoms with Crippen LogP contribution in [-0.4, -0.2) is 5.97 Å². The zero-order valence-electron chi connectivity index (χ0n) is 14.1. The minimum atomic E-state index is -1.09. The van der Waals surface area contributed by atoms with Crippen LogP contribution in [0.4, 0.5) is 0 Å². The molecule has 0 N–H and O–H groups in total. The van der Waals surface area contributed by atoms with Crippen molar-refractivity contribution in [1.82, 2.24) is 0 Å². The summed E-state index contributed by atoms with van der Waals surface area (Å²) < 4.78 is 0. The van der Waals surface area contributed by atoms with Crippen LogP contribution < -0.4 is 5.11 Å². The van der Waals surface area contributed by atoms with Gasteiger partial charge in [0.25, 0.3) is 0 Å². The van der Waals surface area contributed by atoms with Gasteiger partial charge in [0.05, 0.1) is 5.97 Å². The molecule has 0 atom stereocenters. The van der Waals surface area contributed by atoms with Gasteiger partial charge in [-0.3, -0.25) is 0 Å². The Morgan fingerprint density at radius 1 is 0.714 bits per heavy atom. The largest absolute Gasteiger partial charge is 0.545 e. The summed E-state index contributed by atoms with van der Waals surface area (Å²) in [6.07, 6.45) is 19.0. The monoisotopic (exact) mass is 295 g/mol. The van der Waals surface area contributed by atoms with Crippen molar-refractivity contribution < 1.29 is 9.90 Å². The molecule has 0 fully saturated rings. The summed E-state index contributed by atoms with van der Waals surface area (Å²) in [5.41, 5.74) is 0.244. The van der Waals surface area contributed by atoms with Crippen LogP contribution >= 0.6 is 0 Å². The van der Waals surface area contributed by atoms with E-state index in [4.69, 9.17) is 0 Å². The maximum atomic E-state index is 10.5. The van der Waals surface area contributed by atoms with Gasteiger partial charge in [-0.1, -0.05) is 97.0 Å². The molecule has 0 saturated heterocycles. The summed E-state index contributed by atoms with van der Waals surface area (Å²) in [6, 6.07) is 0. The van der Waals surface area contributed by atoms with Crippen molar-refractivity contribution in [3.05, 3.63) is 12.2 Å². The van der Waals surface area contributed by atoms with Crippen LogP contribution in [0.1, 0.15) is 103 Å². The van der Waals surface area contributed by atoms with Gasteiger partial charge in [-0.15, -0.1) is 0 Å². The first-order chi connectivity index (χ1) is 10.2. The third kappa shape index (κ3) is 15.4. The van der Waals surface area contributed by atoms with Crippen molar-refractivity contribution >= 4 is 5.97 Å². The van der Waals surface area contributed by atoms with Crippen LogP contribution in [-0.2, 0) is 4.79 Å². The highest BCUT2D eigenvalue weighted by atomic mass is 16.4. The van der Waals surface area contributed by atoms with Crippen LogP contribution in [0.2, 0.25) is 0 Å². The maximum absolute atomic E-state index is 10.5. The smallest absolute Gasteiger partial charge is 0.0668 e. The van der Waals surface area contributed by atoms with Gasteiger partial charge in [0.1, 0.15) is 0 Å². The third-order valence-electron chi connectivity index (χ3n) is 4.12. The number of carboxylic acids is 1. The Balaban J connectivity index is 3.06. The highest BCUT2D eigenvalue weighted by Gasteiger charge is 1.96. The first kappa shape index (κ1) is 20.2. The number of aliphatic carboxylic acids is 1. The molecule has 0 aromatic carbocycles. The second kappa shape index (κ2) is 15.6.